The number of esters is 1. The number of unbranched alkanes of at least 4 members (excludes halogenated alkanes) is 11. The van der Waals surface area contributed by atoms with E-state index < -0.39 is 0 Å². The van der Waals surface area contributed by atoms with Crippen LogP contribution in [0.2, 0.25) is 0 Å². The molecular formula is C23H44O5. The topological polar surface area (TPSA) is 84.1 Å². The first-order valence-corrected chi connectivity index (χ1v) is 11.5. The summed E-state index contributed by atoms with van der Waals surface area (Å²) in [6, 6.07) is 0. The van der Waals surface area contributed by atoms with Crippen molar-refractivity contribution in [1.82, 2.24) is 0 Å². The maximum atomic E-state index is 11.7. The molecule has 0 aromatic heterocycles. The van der Waals surface area contributed by atoms with Gasteiger partial charge in [-0.1, -0.05) is 90.9 Å². The maximum absolute atomic E-state index is 11.7. The van der Waals surface area contributed by atoms with Crippen molar-refractivity contribution in [1.29, 1.82) is 0 Å². The van der Waals surface area contributed by atoms with Crippen LogP contribution in [0.4, 0.5) is 0 Å². The summed E-state index contributed by atoms with van der Waals surface area (Å²) in [6.45, 7) is 4.99. The molecule has 1 rings (SSSR count). The molecule has 1 aliphatic heterocycles. The molecule has 1 saturated heterocycles. The van der Waals surface area contributed by atoms with Crippen LogP contribution in [0.25, 0.3) is 0 Å². The molecule has 0 aromatic rings. The van der Waals surface area contributed by atoms with E-state index in [-0.39, 0.29) is 29.6 Å². The van der Waals surface area contributed by atoms with Crippen LogP contribution in [-0.2, 0) is 19.1 Å². The predicted octanol–water partition coefficient (Wildman–Crippen LogP) is 5.53. The summed E-state index contributed by atoms with van der Waals surface area (Å²) < 4.78 is 10.6. The average Bonchev–Trinajstić information content (AvgIpc) is 2.66. The zero-order valence-corrected chi connectivity index (χ0v) is 18.3. The van der Waals surface area contributed by atoms with Gasteiger partial charge in [0.05, 0.1) is 5.92 Å². The van der Waals surface area contributed by atoms with E-state index in [4.69, 9.17) is 9.47 Å². The lowest BCUT2D eigenvalue weighted by Crippen LogP contribution is -2.47. The number of ether oxygens (including phenoxy) is 2. The monoisotopic (exact) mass is 400 g/mol. The minimum Gasteiger partial charge on any atom is -0.464 e. The van der Waals surface area contributed by atoms with Crippen LogP contribution in [0.3, 0.4) is 0 Å². The number of carbonyl (C=O) groups is 2. The summed E-state index contributed by atoms with van der Waals surface area (Å²) in [5.41, 5.74) is 0. The van der Waals surface area contributed by atoms with Crippen LogP contribution in [0.5, 0.6) is 0 Å². The van der Waals surface area contributed by atoms with Gasteiger partial charge in [-0.2, -0.15) is 0 Å². The maximum Gasteiger partial charge on any atom is 0.313 e. The summed E-state index contributed by atoms with van der Waals surface area (Å²) in [5, 5.41) is 0. The second-order valence-electron chi connectivity index (χ2n) is 8.14. The minimum atomic E-state index is -0.108. The molecule has 1 fully saturated rings. The van der Waals surface area contributed by atoms with Crippen LogP contribution in [0.15, 0.2) is 0 Å². The smallest absolute Gasteiger partial charge is 0.313 e. The predicted molar refractivity (Wildman–Crippen MR) is 113 cm³/mol. The van der Waals surface area contributed by atoms with E-state index in [9.17, 15) is 9.59 Å². The van der Waals surface area contributed by atoms with Crippen LogP contribution in [0, 0.1) is 5.92 Å². The second-order valence-corrected chi connectivity index (χ2v) is 8.14. The summed E-state index contributed by atoms with van der Waals surface area (Å²) in [6.07, 6.45) is 18.6. The van der Waals surface area contributed by atoms with E-state index in [1.807, 2.05) is 0 Å². The third kappa shape index (κ3) is 11.7. The highest BCUT2D eigenvalue weighted by atomic mass is 16.6. The zero-order valence-electron chi connectivity index (χ0n) is 18.3. The molecule has 166 valence electrons. The Morgan fingerprint density at radius 3 is 1.96 bits per heavy atom. The Bertz CT molecular complexity index is 385. The third-order valence-corrected chi connectivity index (χ3v) is 5.76. The lowest BCUT2D eigenvalue weighted by Gasteiger charge is -2.37. The lowest BCUT2D eigenvalue weighted by molar-refractivity contribution is -0.189. The molecule has 0 aliphatic carbocycles. The van der Waals surface area contributed by atoms with Crippen LogP contribution in [0.1, 0.15) is 117 Å². The molecule has 28 heavy (non-hydrogen) atoms. The van der Waals surface area contributed by atoms with E-state index in [1.54, 1.807) is 0 Å². The quantitative estimate of drug-likeness (QED) is 0.162. The Hall–Kier alpha value is -1.10. The largest absolute Gasteiger partial charge is 0.464 e. The van der Waals surface area contributed by atoms with E-state index >= 15 is 0 Å². The number of hydrogen-bond acceptors (Lipinski definition) is 4. The molecule has 1 unspecified atom stereocenters. The van der Waals surface area contributed by atoms with Crippen molar-refractivity contribution in [3.05, 3.63) is 0 Å². The van der Waals surface area contributed by atoms with Crippen molar-refractivity contribution < 1.29 is 24.5 Å². The standard InChI is InChI=1S/C23H42O4.H2O/c1-3-5-7-9-10-11-12-13-14-16-20(26-19-24)18-22-21(23(25)27-22)17-15-8-6-4-2;/h19-22H,3-18H2,1-2H3;1H2/t20?,21-,22-;/m0./s1. The van der Waals surface area contributed by atoms with Crippen LogP contribution in [-0.4, -0.2) is 30.1 Å². The van der Waals surface area contributed by atoms with E-state index in [0.29, 0.717) is 12.9 Å². The molecule has 1 heterocycles. The molecule has 5 nitrogen and oxygen atoms in total. The summed E-state index contributed by atoms with van der Waals surface area (Å²) in [7, 11) is 0. The van der Waals surface area contributed by atoms with Gasteiger partial charge in [-0.3, -0.25) is 9.59 Å². The highest BCUT2D eigenvalue weighted by Crippen LogP contribution is 2.32. The highest BCUT2D eigenvalue weighted by Gasteiger charge is 2.42. The van der Waals surface area contributed by atoms with Gasteiger partial charge < -0.3 is 14.9 Å². The fourth-order valence-electron chi connectivity index (χ4n) is 3.97. The Kier molecular flexibility index (Phi) is 17.3. The van der Waals surface area contributed by atoms with E-state index in [1.165, 1.54) is 70.6 Å². The first kappa shape index (κ1) is 26.9. The normalized spacial score (nSPS) is 19.3. The number of cyclic esters (lactones) is 1. The van der Waals surface area contributed by atoms with E-state index in [2.05, 4.69) is 13.8 Å². The van der Waals surface area contributed by atoms with Crippen LogP contribution >= 0.6 is 0 Å². The SMILES string of the molecule is CCCCCCCCCCCC(C[C@@H]1OC(=O)[C@H]1CCCCCC)OC=O.O. The summed E-state index contributed by atoms with van der Waals surface area (Å²) >= 11 is 0. The Balaban J connectivity index is 0.00000729. The molecule has 1 aliphatic rings. The second kappa shape index (κ2) is 18.0. The fourth-order valence-corrected chi connectivity index (χ4v) is 3.97. The molecule has 5 heteroatoms. The van der Waals surface area contributed by atoms with Gasteiger partial charge in [0.25, 0.3) is 6.47 Å². The molecule has 0 spiro atoms. The van der Waals surface area contributed by atoms with Gasteiger partial charge in [-0.05, 0) is 19.3 Å². The van der Waals surface area contributed by atoms with Gasteiger partial charge in [0.1, 0.15) is 12.2 Å². The Labute approximate surface area is 172 Å². The lowest BCUT2D eigenvalue weighted by atomic mass is 9.86. The van der Waals surface area contributed by atoms with Gasteiger partial charge in [0.15, 0.2) is 0 Å². The first-order chi connectivity index (χ1) is 13.2. The molecule has 2 N–H and O–H groups in total. The molecule has 0 bridgehead atoms. The number of rotatable bonds is 19. The van der Waals surface area contributed by atoms with Crippen molar-refractivity contribution in [3.8, 4) is 0 Å². The Morgan fingerprint density at radius 1 is 0.893 bits per heavy atom. The summed E-state index contributed by atoms with van der Waals surface area (Å²) in [4.78, 5) is 22.6. The van der Waals surface area contributed by atoms with Gasteiger partial charge in [0.2, 0.25) is 0 Å². The van der Waals surface area contributed by atoms with Crippen molar-refractivity contribution in [2.24, 2.45) is 5.92 Å². The third-order valence-electron chi connectivity index (χ3n) is 5.76. The molecule has 0 amide bonds. The fraction of sp³-hybridized carbons (Fsp3) is 0.913. The van der Waals surface area contributed by atoms with Crippen molar-refractivity contribution in [2.45, 2.75) is 129 Å². The number of hydrogen-bond donors (Lipinski definition) is 0. The molecule has 0 radical (unpaired) electrons. The average molecular weight is 401 g/mol. The molecule has 3 atom stereocenters. The van der Waals surface area contributed by atoms with Gasteiger partial charge >= 0.3 is 5.97 Å². The van der Waals surface area contributed by atoms with Crippen molar-refractivity contribution in [2.75, 3.05) is 0 Å². The summed E-state index contributed by atoms with van der Waals surface area (Å²) in [5.74, 6) is -0.0489. The van der Waals surface area contributed by atoms with Crippen molar-refractivity contribution in [3.63, 3.8) is 0 Å². The first-order valence-electron chi connectivity index (χ1n) is 11.5. The number of carbonyl (C=O) groups excluding carboxylic acids is 2. The Morgan fingerprint density at radius 2 is 1.43 bits per heavy atom. The molecule has 0 saturated carbocycles. The zero-order chi connectivity index (χ0) is 19.7. The van der Waals surface area contributed by atoms with Gasteiger partial charge in [-0.15, -0.1) is 0 Å². The molecule has 0 aromatic carbocycles. The minimum absolute atomic E-state index is 0. The van der Waals surface area contributed by atoms with E-state index in [0.717, 1.165) is 25.7 Å². The van der Waals surface area contributed by atoms with Crippen LogP contribution < -0.4 is 0 Å². The van der Waals surface area contributed by atoms with Crippen molar-refractivity contribution >= 4 is 12.4 Å². The van der Waals surface area contributed by atoms with Gasteiger partial charge in [0, 0.05) is 6.42 Å². The molecular weight excluding hydrogens is 356 g/mol. The van der Waals surface area contributed by atoms with Gasteiger partial charge in [-0.25, -0.2) is 0 Å². The highest BCUT2D eigenvalue weighted by molar-refractivity contribution is 5.78.